The van der Waals surface area contributed by atoms with Gasteiger partial charge in [0.05, 0.1) is 12.1 Å². The predicted octanol–water partition coefficient (Wildman–Crippen LogP) is 1.68. The van der Waals surface area contributed by atoms with Gasteiger partial charge in [0.1, 0.15) is 11.5 Å². The summed E-state index contributed by atoms with van der Waals surface area (Å²) in [5.41, 5.74) is 6.18. The third-order valence-electron chi connectivity index (χ3n) is 4.79. The number of rotatable bonds is 3. The number of aryl methyl sites for hydroxylation is 1. The van der Waals surface area contributed by atoms with Crippen LogP contribution in [0.3, 0.4) is 0 Å². The van der Waals surface area contributed by atoms with E-state index in [4.69, 9.17) is 10.2 Å². The molecule has 3 N–H and O–H groups in total. The summed E-state index contributed by atoms with van der Waals surface area (Å²) in [6.07, 6.45) is 1.99. The lowest BCUT2D eigenvalue weighted by molar-refractivity contribution is 0.111. The largest absolute Gasteiger partial charge is 0.465 e. The molecule has 19 heavy (non-hydrogen) atoms. The molecule has 2 heterocycles. The molecule has 5 atom stereocenters. The molecule has 5 unspecified atom stereocenters. The van der Waals surface area contributed by atoms with Crippen molar-refractivity contribution in [2.75, 3.05) is 13.1 Å². The van der Waals surface area contributed by atoms with E-state index in [9.17, 15) is 5.11 Å². The summed E-state index contributed by atoms with van der Waals surface area (Å²) in [7, 11) is 0. The normalized spacial score (nSPS) is 34.4. The molecule has 0 aromatic carbocycles. The van der Waals surface area contributed by atoms with E-state index in [1.165, 1.54) is 0 Å². The van der Waals surface area contributed by atoms with E-state index in [0.717, 1.165) is 37.5 Å². The molecular formula is C15H24N2O2. The van der Waals surface area contributed by atoms with Gasteiger partial charge in [-0.3, -0.25) is 4.90 Å². The van der Waals surface area contributed by atoms with Gasteiger partial charge in [0.25, 0.3) is 0 Å². The molecule has 0 spiro atoms. The van der Waals surface area contributed by atoms with Gasteiger partial charge in [0, 0.05) is 25.0 Å². The predicted molar refractivity (Wildman–Crippen MR) is 73.6 cm³/mol. The van der Waals surface area contributed by atoms with E-state index < -0.39 is 0 Å². The van der Waals surface area contributed by atoms with Gasteiger partial charge in [0.2, 0.25) is 0 Å². The number of nitrogens with two attached hydrogens (primary N) is 1. The van der Waals surface area contributed by atoms with Gasteiger partial charge in [0.15, 0.2) is 0 Å². The van der Waals surface area contributed by atoms with Gasteiger partial charge in [-0.2, -0.15) is 0 Å². The lowest BCUT2D eigenvalue weighted by atomic mass is 10.00. The molecular weight excluding hydrogens is 240 g/mol. The Morgan fingerprint density at radius 2 is 2.16 bits per heavy atom. The van der Waals surface area contributed by atoms with Crippen LogP contribution in [0.1, 0.15) is 37.3 Å². The minimum absolute atomic E-state index is 0.0292. The highest BCUT2D eigenvalue weighted by Crippen LogP contribution is 2.41. The summed E-state index contributed by atoms with van der Waals surface area (Å²) in [6.45, 7) is 5.97. The van der Waals surface area contributed by atoms with Gasteiger partial charge >= 0.3 is 0 Å². The van der Waals surface area contributed by atoms with Crippen LogP contribution in [0.2, 0.25) is 0 Å². The number of aliphatic hydroxyl groups excluding tert-OH is 1. The quantitative estimate of drug-likeness (QED) is 0.872. The van der Waals surface area contributed by atoms with Gasteiger partial charge < -0.3 is 15.3 Å². The number of likely N-dealkylation sites (tertiary alicyclic amines) is 1. The first-order valence-corrected chi connectivity index (χ1v) is 7.30. The highest BCUT2D eigenvalue weighted by atomic mass is 16.3. The molecule has 106 valence electrons. The molecule has 0 amide bonds. The number of fused-ring (bicyclic) bond motifs is 1. The summed E-state index contributed by atoms with van der Waals surface area (Å²) >= 11 is 0. The molecule has 1 aliphatic carbocycles. The van der Waals surface area contributed by atoms with Crippen molar-refractivity contribution < 1.29 is 9.52 Å². The smallest absolute Gasteiger partial charge is 0.122 e. The van der Waals surface area contributed by atoms with Crippen LogP contribution in [0.5, 0.6) is 0 Å². The van der Waals surface area contributed by atoms with Crippen molar-refractivity contribution in [2.24, 2.45) is 17.6 Å². The van der Waals surface area contributed by atoms with Gasteiger partial charge in [-0.1, -0.05) is 0 Å². The zero-order valence-corrected chi connectivity index (χ0v) is 11.7. The molecule has 0 radical (unpaired) electrons. The van der Waals surface area contributed by atoms with E-state index in [0.29, 0.717) is 11.8 Å². The van der Waals surface area contributed by atoms with Crippen LogP contribution < -0.4 is 5.73 Å². The lowest BCUT2D eigenvalue weighted by Crippen LogP contribution is -2.39. The maximum absolute atomic E-state index is 10.0. The highest BCUT2D eigenvalue weighted by molar-refractivity contribution is 5.13. The average Bonchev–Trinajstić information content (AvgIpc) is 2.99. The molecule has 1 saturated heterocycles. The number of nitrogens with zero attached hydrogens (tertiary/aromatic N) is 1. The van der Waals surface area contributed by atoms with Crippen molar-refractivity contribution in [3.05, 3.63) is 23.7 Å². The Morgan fingerprint density at radius 1 is 1.37 bits per heavy atom. The summed E-state index contributed by atoms with van der Waals surface area (Å²) in [5, 5.41) is 10.0. The van der Waals surface area contributed by atoms with Crippen molar-refractivity contribution in [2.45, 2.75) is 44.9 Å². The highest BCUT2D eigenvalue weighted by Gasteiger charge is 2.44. The Kier molecular flexibility index (Phi) is 3.41. The fourth-order valence-corrected chi connectivity index (χ4v) is 3.88. The molecule has 4 nitrogen and oxygen atoms in total. The van der Waals surface area contributed by atoms with Gasteiger partial charge in [-0.15, -0.1) is 0 Å². The van der Waals surface area contributed by atoms with E-state index in [-0.39, 0.29) is 18.2 Å². The van der Waals surface area contributed by atoms with Crippen LogP contribution in [0.15, 0.2) is 16.5 Å². The van der Waals surface area contributed by atoms with E-state index in [2.05, 4.69) is 4.90 Å². The monoisotopic (exact) mass is 264 g/mol. The number of furan rings is 1. The SMILES string of the molecule is Cc1ccc(C(C(C)N)N2CC3CCC(O)C3C2)o1. The fraction of sp³-hybridized carbons (Fsp3) is 0.733. The maximum atomic E-state index is 10.0. The van der Waals surface area contributed by atoms with E-state index in [1.807, 2.05) is 26.0 Å². The van der Waals surface area contributed by atoms with E-state index in [1.54, 1.807) is 0 Å². The first-order valence-electron chi connectivity index (χ1n) is 7.30. The first-order chi connectivity index (χ1) is 9.06. The molecule has 1 saturated carbocycles. The third-order valence-corrected chi connectivity index (χ3v) is 4.79. The summed E-state index contributed by atoms with van der Waals surface area (Å²) < 4.78 is 5.78. The maximum Gasteiger partial charge on any atom is 0.122 e. The first kappa shape index (κ1) is 13.2. The van der Waals surface area contributed by atoms with Gasteiger partial charge in [-0.25, -0.2) is 0 Å². The molecule has 2 fully saturated rings. The topological polar surface area (TPSA) is 62.6 Å². The van der Waals surface area contributed by atoms with Gasteiger partial charge in [-0.05, 0) is 44.7 Å². The number of hydrogen-bond donors (Lipinski definition) is 2. The Hall–Kier alpha value is -0.840. The second-order valence-corrected chi connectivity index (χ2v) is 6.27. The average molecular weight is 264 g/mol. The molecule has 1 aliphatic heterocycles. The Bertz CT molecular complexity index is 443. The minimum Gasteiger partial charge on any atom is -0.465 e. The van der Waals surface area contributed by atoms with Crippen LogP contribution in [0, 0.1) is 18.8 Å². The second kappa shape index (κ2) is 4.93. The summed E-state index contributed by atoms with van der Waals surface area (Å²) in [5.74, 6) is 2.95. The standard InChI is InChI=1S/C15H24N2O2/c1-9-3-6-14(19-9)15(10(2)16)17-7-11-4-5-13(18)12(11)8-17/h3,6,10-13,15,18H,4-5,7-8,16H2,1-2H3. The summed E-state index contributed by atoms with van der Waals surface area (Å²) in [6, 6.07) is 4.19. The molecule has 1 aromatic heterocycles. The zero-order chi connectivity index (χ0) is 13.6. The Morgan fingerprint density at radius 3 is 2.74 bits per heavy atom. The van der Waals surface area contributed by atoms with Crippen LogP contribution in [0.4, 0.5) is 0 Å². The molecule has 4 heteroatoms. The van der Waals surface area contributed by atoms with Crippen molar-refractivity contribution in [3.63, 3.8) is 0 Å². The van der Waals surface area contributed by atoms with Crippen molar-refractivity contribution in [1.82, 2.24) is 4.90 Å². The van der Waals surface area contributed by atoms with Crippen LogP contribution in [-0.4, -0.2) is 35.2 Å². The van der Waals surface area contributed by atoms with Crippen LogP contribution in [-0.2, 0) is 0 Å². The zero-order valence-electron chi connectivity index (χ0n) is 11.7. The minimum atomic E-state index is -0.123. The van der Waals surface area contributed by atoms with E-state index >= 15 is 0 Å². The van der Waals surface area contributed by atoms with Crippen molar-refractivity contribution in [3.8, 4) is 0 Å². The summed E-state index contributed by atoms with van der Waals surface area (Å²) in [4.78, 5) is 2.40. The second-order valence-electron chi connectivity index (χ2n) is 6.27. The molecule has 1 aromatic rings. The van der Waals surface area contributed by atoms with Crippen molar-refractivity contribution in [1.29, 1.82) is 0 Å². The van der Waals surface area contributed by atoms with Crippen LogP contribution >= 0.6 is 0 Å². The third kappa shape index (κ3) is 2.33. The molecule has 2 aliphatic rings. The lowest BCUT2D eigenvalue weighted by Gasteiger charge is -2.30. The molecule has 3 rings (SSSR count). The number of hydrogen-bond acceptors (Lipinski definition) is 4. The fourth-order valence-electron chi connectivity index (χ4n) is 3.88. The van der Waals surface area contributed by atoms with Crippen molar-refractivity contribution >= 4 is 0 Å². The Labute approximate surface area is 114 Å². The number of aliphatic hydroxyl groups is 1. The Balaban J connectivity index is 1.79. The van der Waals surface area contributed by atoms with Crippen LogP contribution in [0.25, 0.3) is 0 Å². The molecule has 0 bridgehead atoms.